The fourth-order valence-electron chi connectivity index (χ4n) is 4.35. The van der Waals surface area contributed by atoms with E-state index >= 15 is 0 Å². The summed E-state index contributed by atoms with van der Waals surface area (Å²) in [5.41, 5.74) is -1.30. The average molecular weight is 677 g/mol. The first kappa shape index (κ1) is 33.1. The molecule has 0 amide bonds. The van der Waals surface area contributed by atoms with Gasteiger partial charge in [0.2, 0.25) is 0 Å². The summed E-state index contributed by atoms with van der Waals surface area (Å²) >= 11 is 12.4. The predicted octanol–water partition coefficient (Wildman–Crippen LogP) is 8.54. The van der Waals surface area contributed by atoms with Crippen LogP contribution in [0.1, 0.15) is 11.1 Å². The number of nitro groups is 2. The Labute approximate surface area is 257 Å². The number of nitrogens with one attached hydrogen (secondary N) is 2. The smallest absolute Gasteiger partial charge is 0.416 e. The third-order valence-electron chi connectivity index (χ3n) is 6.32. The molecule has 0 aliphatic heterocycles. The molecule has 0 aliphatic carbocycles. The van der Waals surface area contributed by atoms with Gasteiger partial charge in [-0.1, -0.05) is 35.3 Å². The third kappa shape index (κ3) is 6.51. The highest BCUT2D eigenvalue weighted by Gasteiger charge is 2.34. The van der Waals surface area contributed by atoms with Crippen LogP contribution < -0.4 is 27.3 Å². The van der Waals surface area contributed by atoms with Crippen molar-refractivity contribution in [3.05, 3.63) is 102 Å². The molecule has 236 valence electrons. The average Bonchev–Trinajstić information content (AvgIpc) is 2.95. The maximum Gasteiger partial charge on any atom is 0.416 e. The van der Waals surface area contributed by atoms with E-state index in [1.165, 1.54) is 0 Å². The second-order valence-corrected chi connectivity index (χ2v) is 9.77. The number of halogens is 8. The normalized spacial score (nSPS) is 11.7. The Hall–Kier alpha value is -4.84. The molecule has 0 radical (unpaired) electrons. The number of rotatable bonds is 8. The van der Waals surface area contributed by atoms with E-state index in [0.717, 1.165) is 36.4 Å². The van der Waals surface area contributed by atoms with Gasteiger partial charge in [-0.3, -0.25) is 31.9 Å². The summed E-state index contributed by atoms with van der Waals surface area (Å²) in [5, 5.41) is 22.5. The molecule has 11 nitrogen and oxygen atoms in total. The maximum atomic E-state index is 13.3. The zero-order valence-corrected chi connectivity index (χ0v) is 23.4. The van der Waals surface area contributed by atoms with Crippen LogP contribution in [0, 0.1) is 20.2 Å². The SMILES string of the molecule is NNc1c([N+](=O)[O-])ccc(Oc2ccc([N+](=O)[O-])c(NN)c2-c2ccc(C(F)(F)F)cc2Cl)c1-c1ccc(C(F)(F)F)cc1Cl. The monoisotopic (exact) mass is 676 g/mol. The number of alkyl halides is 6. The van der Waals surface area contributed by atoms with E-state index in [2.05, 4.69) is 10.9 Å². The van der Waals surface area contributed by atoms with Crippen LogP contribution in [0.3, 0.4) is 0 Å². The van der Waals surface area contributed by atoms with Crippen LogP contribution in [0.25, 0.3) is 22.3 Å². The number of nitro benzene ring substituents is 2. The lowest BCUT2D eigenvalue weighted by molar-refractivity contribution is -0.384. The molecule has 19 heteroatoms. The maximum absolute atomic E-state index is 13.3. The van der Waals surface area contributed by atoms with Gasteiger partial charge in [-0.15, -0.1) is 0 Å². The van der Waals surface area contributed by atoms with Crippen molar-refractivity contribution in [2.24, 2.45) is 11.7 Å². The number of hydrogen-bond donors (Lipinski definition) is 4. The predicted molar refractivity (Wildman–Crippen MR) is 153 cm³/mol. The summed E-state index contributed by atoms with van der Waals surface area (Å²) in [6.45, 7) is 0. The number of nitrogens with two attached hydrogens (primary N) is 2. The minimum atomic E-state index is -4.79. The lowest BCUT2D eigenvalue weighted by atomic mass is 9.98. The van der Waals surface area contributed by atoms with Crippen molar-refractivity contribution in [1.82, 2.24) is 0 Å². The van der Waals surface area contributed by atoms with Crippen molar-refractivity contribution in [3.8, 4) is 33.8 Å². The van der Waals surface area contributed by atoms with Crippen molar-refractivity contribution in [2.45, 2.75) is 12.4 Å². The molecular formula is C26H16Cl2F6N6O5. The van der Waals surface area contributed by atoms with Gasteiger partial charge in [0.25, 0.3) is 11.4 Å². The Morgan fingerprint density at radius 3 is 1.27 bits per heavy atom. The number of benzene rings is 4. The molecule has 0 aliphatic rings. The van der Waals surface area contributed by atoms with Crippen LogP contribution in [-0.4, -0.2) is 9.85 Å². The van der Waals surface area contributed by atoms with Crippen LogP contribution in [0.5, 0.6) is 11.5 Å². The van der Waals surface area contributed by atoms with Crippen molar-refractivity contribution in [2.75, 3.05) is 10.9 Å². The molecule has 0 bridgehead atoms. The van der Waals surface area contributed by atoms with E-state index in [9.17, 15) is 46.6 Å². The Bertz CT molecular complexity index is 1710. The molecule has 4 aromatic rings. The van der Waals surface area contributed by atoms with E-state index in [1.54, 1.807) is 0 Å². The minimum Gasteiger partial charge on any atom is -0.456 e. The van der Waals surface area contributed by atoms with Gasteiger partial charge in [-0.05, 0) is 36.4 Å². The first-order valence-electron chi connectivity index (χ1n) is 12.0. The van der Waals surface area contributed by atoms with Gasteiger partial charge in [0.05, 0.1) is 32.1 Å². The van der Waals surface area contributed by atoms with Crippen LogP contribution in [0.2, 0.25) is 10.0 Å². The summed E-state index contributed by atoms with van der Waals surface area (Å²) in [6.07, 6.45) is -9.58. The van der Waals surface area contributed by atoms with Crippen LogP contribution in [-0.2, 0) is 12.4 Å². The molecule has 0 atom stereocenters. The zero-order valence-electron chi connectivity index (χ0n) is 21.9. The van der Waals surface area contributed by atoms with Gasteiger partial charge in [0.15, 0.2) is 0 Å². The Kier molecular flexibility index (Phi) is 9.02. The molecule has 0 spiro atoms. The first-order chi connectivity index (χ1) is 21.0. The largest absolute Gasteiger partial charge is 0.456 e. The number of ether oxygens (including phenoxy) is 1. The number of hydrogen-bond acceptors (Lipinski definition) is 9. The second kappa shape index (κ2) is 12.3. The highest BCUT2D eigenvalue weighted by atomic mass is 35.5. The number of anilines is 2. The molecule has 6 N–H and O–H groups in total. The van der Waals surface area contributed by atoms with E-state index in [1.807, 2.05) is 0 Å². The standard InChI is InChI=1S/C26H16Cl2F6N6O5/c27-15-9-11(25(29,30)31)1-3-13(15)21-19(7-5-17(39(41)42)23(21)37-35)45-20-8-6-18(40(43)44)24(38-36)22(20)14-4-2-12(10-16(14)28)26(32,33)34/h1-10,37-38H,35-36H2. The second-order valence-electron chi connectivity index (χ2n) is 8.96. The lowest BCUT2D eigenvalue weighted by Crippen LogP contribution is -2.12. The van der Waals surface area contributed by atoms with Crippen LogP contribution >= 0.6 is 23.2 Å². The molecule has 45 heavy (non-hydrogen) atoms. The number of hydrazine groups is 2. The van der Waals surface area contributed by atoms with Crippen molar-refractivity contribution >= 4 is 46.0 Å². The Balaban J connectivity index is 2.03. The molecule has 0 aromatic heterocycles. The molecule has 0 saturated carbocycles. The zero-order chi connectivity index (χ0) is 33.4. The first-order valence-corrected chi connectivity index (χ1v) is 12.7. The highest BCUT2D eigenvalue weighted by molar-refractivity contribution is 6.34. The van der Waals surface area contributed by atoms with Crippen molar-refractivity contribution < 1.29 is 40.9 Å². The molecule has 0 fully saturated rings. The fourth-order valence-corrected chi connectivity index (χ4v) is 4.90. The van der Waals surface area contributed by atoms with Gasteiger partial charge in [-0.2, -0.15) is 26.3 Å². The highest BCUT2D eigenvalue weighted by Crippen LogP contribution is 2.51. The van der Waals surface area contributed by atoms with Crippen molar-refractivity contribution in [1.29, 1.82) is 0 Å². The van der Waals surface area contributed by atoms with Gasteiger partial charge in [0, 0.05) is 33.3 Å². The molecule has 0 unspecified atom stereocenters. The molecule has 0 heterocycles. The summed E-state index contributed by atoms with van der Waals surface area (Å²) in [5.74, 6) is 10.5. The summed E-state index contributed by atoms with van der Waals surface area (Å²) in [7, 11) is 0. The summed E-state index contributed by atoms with van der Waals surface area (Å²) in [4.78, 5) is 21.8. The van der Waals surface area contributed by atoms with E-state index in [-0.39, 0.29) is 33.8 Å². The van der Waals surface area contributed by atoms with Gasteiger partial charge in [0.1, 0.15) is 22.9 Å². The van der Waals surface area contributed by atoms with E-state index in [0.29, 0.717) is 24.3 Å². The van der Waals surface area contributed by atoms with Gasteiger partial charge < -0.3 is 15.6 Å². The van der Waals surface area contributed by atoms with Crippen molar-refractivity contribution in [3.63, 3.8) is 0 Å². The Morgan fingerprint density at radius 2 is 1.00 bits per heavy atom. The minimum absolute atomic E-state index is 0.218. The summed E-state index contributed by atoms with van der Waals surface area (Å²) in [6, 6.07) is 8.21. The fraction of sp³-hybridized carbons (Fsp3) is 0.0769. The number of nitrogens with zero attached hydrogens (tertiary/aromatic N) is 2. The van der Waals surface area contributed by atoms with Crippen LogP contribution in [0.15, 0.2) is 60.7 Å². The quantitative estimate of drug-likeness (QED) is 0.0617. The van der Waals surface area contributed by atoms with E-state index < -0.39 is 66.1 Å². The Morgan fingerprint density at radius 1 is 0.644 bits per heavy atom. The molecule has 4 rings (SSSR count). The van der Waals surface area contributed by atoms with Gasteiger partial charge in [-0.25, -0.2) is 0 Å². The van der Waals surface area contributed by atoms with Gasteiger partial charge >= 0.3 is 12.4 Å². The lowest BCUT2D eigenvalue weighted by Gasteiger charge is -2.20. The third-order valence-corrected chi connectivity index (χ3v) is 6.95. The van der Waals surface area contributed by atoms with E-state index in [4.69, 9.17) is 39.6 Å². The molecular weight excluding hydrogens is 661 g/mol. The molecule has 4 aromatic carbocycles. The van der Waals surface area contributed by atoms with Crippen LogP contribution in [0.4, 0.5) is 49.1 Å². The molecule has 0 saturated heterocycles. The number of nitrogen functional groups attached to an aromatic ring is 2. The topological polar surface area (TPSA) is 172 Å². The summed E-state index contributed by atoms with van der Waals surface area (Å²) < 4.78 is 86.0.